The Morgan fingerprint density at radius 2 is 1.88 bits per heavy atom. The van der Waals surface area contributed by atoms with Crippen molar-refractivity contribution in [3.05, 3.63) is 83.1 Å². The highest BCUT2D eigenvalue weighted by Gasteiger charge is 2.22. The number of pyridine rings is 1. The van der Waals surface area contributed by atoms with E-state index in [2.05, 4.69) is 23.6 Å². The van der Waals surface area contributed by atoms with Crippen molar-refractivity contribution >= 4 is 27.9 Å². The Hall–Kier alpha value is -3.56. The molecule has 0 aliphatic rings. The Balaban J connectivity index is 1.68. The number of para-hydroxylation sites is 1. The molecule has 1 N–H and O–H groups in total. The van der Waals surface area contributed by atoms with Crippen molar-refractivity contribution in [3.8, 4) is 16.9 Å². The third-order valence-corrected chi connectivity index (χ3v) is 8.08. The van der Waals surface area contributed by atoms with Crippen LogP contribution in [0.2, 0.25) is 0 Å². The number of rotatable bonds is 12. The molecule has 2 aromatic heterocycles. The lowest BCUT2D eigenvalue weighted by Gasteiger charge is -2.18. The molecule has 42 heavy (non-hydrogen) atoms. The van der Waals surface area contributed by atoms with Crippen LogP contribution in [0.5, 0.6) is 5.75 Å². The first-order chi connectivity index (χ1) is 19.9. The average Bonchev–Trinajstić information content (AvgIpc) is 3.32. The molecule has 0 aliphatic carbocycles. The maximum absolute atomic E-state index is 16.0. The van der Waals surface area contributed by atoms with Gasteiger partial charge in [-0.05, 0) is 68.1 Å². The fourth-order valence-corrected chi connectivity index (χ4v) is 5.24. The number of benzene rings is 2. The molecule has 224 valence electrons. The molecule has 9 heteroatoms. The fourth-order valence-electron chi connectivity index (χ4n) is 4.54. The Morgan fingerprint density at radius 3 is 2.60 bits per heavy atom. The zero-order valence-electron chi connectivity index (χ0n) is 25.1. The molecule has 4 rings (SSSR count). The summed E-state index contributed by atoms with van der Waals surface area (Å²) in [6.07, 6.45) is 2.84. The molecule has 0 fully saturated rings. The van der Waals surface area contributed by atoms with Gasteiger partial charge in [0, 0.05) is 42.5 Å². The molecule has 4 aromatic rings. The monoisotopic (exact) mass is 594 g/mol. The summed E-state index contributed by atoms with van der Waals surface area (Å²) in [5.74, 6) is 1.09. The number of carbonyl (C=O) groups excluding carboxylic acids is 1. The molecule has 2 aromatic carbocycles. The van der Waals surface area contributed by atoms with Gasteiger partial charge in [-0.3, -0.25) is 9.78 Å². The van der Waals surface area contributed by atoms with Crippen LogP contribution < -0.4 is 9.46 Å². The summed E-state index contributed by atoms with van der Waals surface area (Å²) in [6, 6.07) is 15.1. The van der Waals surface area contributed by atoms with Gasteiger partial charge >= 0.3 is 5.97 Å². The molecule has 7 nitrogen and oxygen atoms in total. The van der Waals surface area contributed by atoms with Crippen LogP contribution in [0, 0.1) is 11.7 Å². The number of furan rings is 1. The molecule has 0 radical (unpaired) electrons. The molecule has 0 saturated heterocycles. The van der Waals surface area contributed by atoms with Crippen LogP contribution in [0.3, 0.4) is 0 Å². The lowest BCUT2D eigenvalue weighted by Crippen LogP contribution is -2.33. The van der Waals surface area contributed by atoms with E-state index in [1.807, 2.05) is 63.2 Å². The molecule has 0 bridgehead atoms. The van der Waals surface area contributed by atoms with E-state index in [1.165, 1.54) is 6.92 Å². The number of fused-ring (bicyclic) bond motifs is 1. The maximum atomic E-state index is 16.0. The molecule has 0 spiro atoms. The minimum atomic E-state index is -1.37. The number of nitrogens with one attached hydrogen (secondary N) is 1. The second-order valence-corrected chi connectivity index (χ2v) is 13.7. The number of carbonyl (C=O) groups is 1. The van der Waals surface area contributed by atoms with Gasteiger partial charge in [-0.15, -0.1) is 0 Å². The first kappa shape index (κ1) is 31.4. The number of ether oxygens (including phenoxy) is 2. The number of halogens is 1. The molecular formula is C33H39FN2O5S. The minimum Gasteiger partial charge on any atom is -0.489 e. The molecule has 0 unspecified atom stereocenters. The van der Waals surface area contributed by atoms with E-state index in [0.29, 0.717) is 34.8 Å². The van der Waals surface area contributed by atoms with Gasteiger partial charge in [0.2, 0.25) is 0 Å². The lowest BCUT2D eigenvalue weighted by molar-refractivity contribution is -0.140. The summed E-state index contributed by atoms with van der Waals surface area (Å²) in [4.78, 5) is 15.4. The van der Waals surface area contributed by atoms with E-state index in [0.717, 1.165) is 28.7 Å². The minimum absolute atomic E-state index is 0.0242. The molecule has 1 atom stereocenters. The highest BCUT2D eigenvalue weighted by atomic mass is 32.2. The number of nitrogens with zero attached hydrogens (tertiary/aromatic N) is 1. The van der Waals surface area contributed by atoms with Crippen molar-refractivity contribution < 1.29 is 27.3 Å². The summed E-state index contributed by atoms with van der Waals surface area (Å²) in [6.45, 7) is 11.7. The predicted molar refractivity (Wildman–Crippen MR) is 164 cm³/mol. The van der Waals surface area contributed by atoms with Gasteiger partial charge in [0.05, 0.1) is 34.6 Å². The van der Waals surface area contributed by atoms with Gasteiger partial charge in [0.1, 0.15) is 23.7 Å². The summed E-state index contributed by atoms with van der Waals surface area (Å²) in [5, 5.41) is 0.856. The molecule has 2 heterocycles. The molecule has 0 amide bonds. The first-order valence-electron chi connectivity index (χ1n) is 14.1. The SMILES string of the molecule is CC(=O)OCCc1ccccc1OCc1cc(-c2ccnc(CN[S@@](=O)C(C)(C)C)c2F)c2oc(CC(C)C)cc2c1. The molecule has 0 saturated carbocycles. The van der Waals surface area contributed by atoms with E-state index >= 15 is 4.39 Å². The van der Waals surface area contributed by atoms with E-state index in [1.54, 1.807) is 12.3 Å². The fraction of sp³-hybridized carbons (Fsp3) is 0.394. The lowest BCUT2D eigenvalue weighted by atomic mass is 10.00. The van der Waals surface area contributed by atoms with Crippen molar-refractivity contribution in [2.75, 3.05) is 6.61 Å². The van der Waals surface area contributed by atoms with Gasteiger partial charge in [0.15, 0.2) is 5.82 Å². The third kappa shape index (κ3) is 8.04. The van der Waals surface area contributed by atoms with Crippen molar-refractivity contribution in [2.45, 2.75) is 72.3 Å². The largest absolute Gasteiger partial charge is 0.489 e. The number of hydrogen-bond donors (Lipinski definition) is 1. The van der Waals surface area contributed by atoms with Gasteiger partial charge in [-0.2, -0.15) is 0 Å². The zero-order valence-corrected chi connectivity index (χ0v) is 25.9. The van der Waals surface area contributed by atoms with Crippen molar-refractivity contribution in [1.29, 1.82) is 0 Å². The maximum Gasteiger partial charge on any atom is 0.302 e. The van der Waals surface area contributed by atoms with Crippen LogP contribution in [-0.4, -0.2) is 26.5 Å². The average molecular weight is 595 g/mol. The van der Waals surface area contributed by atoms with Crippen LogP contribution in [0.15, 0.2) is 59.1 Å². The second kappa shape index (κ2) is 13.6. The van der Waals surface area contributed by atoms with Crippen LogP contribution in [-0.2, 0) is 46.5 Å². The van der Waals surface area contributed by atoms with Gasteiger partial charge in [0.25, 0.3) is 0 Å². The van der Waals surface area contributed by atoms with Gasteiger partial charge in [-0.25, -0.2) is 13.3 Å². The Kier molecular flexibility index (Phi) is 10.2. The Bertz CT molecular complexity index is 1570. The van der Waals surface area contributed by atoms with E-state index in [-0.39, 0.29) is 31.4 Å². The van der Waals surface area contributed by atoms with Crippen molar-refractivity contribution in [2.24, 2.45) is 5.92 Å². The molecular weight excluding hydrogens is 555 g/mol. The van der Waals surface area contributed by atoms with Crippen LogP contribution in [0.25, 0.3) is 22.1 Å². The highest BCUT2D eigenvalue weighted by Crippen LogP contribution is 2.35. The summed E-state index contributed by atoms with van der Waals surface area (Å²) >= 11 is 0. The standard InChI is InChI=1S/C33H39FN2O5S/c1-21(2)15-26-18-25-16-23(20-40-30-10-8-7-9-24(30)12-14-39-22(3)37)17-28(32(25)41-26)27-11-13-35-29(31(27)34)19-36-42(38)33(4,5)6/h7-11,13,16-18,21,36H,12,14-15,19-20H2,1-6H3/t42-/m0/s1. The van der Waals surface area contributed by atoms with E-state index in [4.69, 9.17) is 13.9 Å². The predicted octanol–water partition coefficient (Wildman–Crippen LogP) is 7.07. The number of esters is 1. The smallest absolute Gasteiger partial charge is 0.302 e. The summed E-state index contributed by atoms with van der Waals surface area (Å²) < 4.78 is 48.5. The zero-order chi connectivity index (χ0) is 30.4. The normalized spacial score (nSPS) is 12.6. The summed E-state index contributed by atoms with van der Waals surface area (Å²) in [5.41, 5.74) is 3.49. The second-order valence-electron chi connectivity index (χ2n) is 11.7. The van der Waals surface area contributed by atoms with Gasteiger partial charge < -0.3 is 13.9 Å². The van der Waals surface area contributed by atoms with Gasteiger partial charge in [-0.1, -0.05) is 32.0 Å². The summed E-state index contributed by atoms with van der Waals surface area (Å²) in [7, 11) is -1.37. The number of aromatic nitrogens is 1. The van der Waals surface area contributed by atoms with Crippen LogP contribution >= 0.6 is 0 Å². The van der Waals surface area contributed by atoms with Crippen LogP contribution in [0.1, 0.15) is 64.1 Å². The van der Waals surface area contributed by atoms with E-state index < -0.39 is 21.5 Å². The van der Waals surface area contributed by atoms with Crippen LogP contribution in [0.4, 0.5) is 4.39 Å². The van der Waals surface area contributed by atoms with E-state index in [9.17, 15) is 9.00 Å². The Labute approximate surface area is 249 Å². The Morgan fingerprint density at radius 1 is 1.12 bits per heavy atom. The first-order valence-corrected chi connectivity index (χ1v) is 15.3. The third-order valence-electron chi connectivity index (χ3n) is 6.56. The van der Waals surface area contributed by atoms with Crippen molar-refractivity contribution in [1.82, 2.24) is 9.71 Å². The topological polar surface area (TPSA) is 90.7 Å². The highest BCUT2D eigenvalue weighted by molar-refractivity contribution is 7.84. The number of hydrogen-bond acceptors (Lipinski definition) is 6. The quantitative estimate of drug-likeness (QED) is 0.177. The molecule has 0 aliphatic heterocycles. The van der Waals surface area contributed by atoms with Crippen molar-refractivity contribution in [3.63, 3.8) is 0 Å².